The first-order valence-electron chi connectivity index (χ1n) is 9.63. The molecule has 4 N–H and O–H groups in total. The summed E-state index contributed by atoms with van der Waals surface area (Å²) < 4.78 is 12.6. The fourth-order valence-electron chi connectivity index (χ4n) is 5.34. The molecule has 0 spiro atoms. The predicted molar refractivity (Wildman–Crippen MR) is 94.5 cm³/mol. The molecule has 2 atom stereocenters. The van der Waals surface area contributed by atoms with E-state index in [0.29, 0.717) is 30.9 Å². The monoisotopic (exact) mass is 333 g/mol. The van der Waals surface area contributed by atoms with Crippen LogP contribution in [0.5, 0.6) is 0 Å². The molecule has 0 amide bonds. The van der Waals surface area contributed by atoms with Crippen LogP contribution in [-0.2, 0) is 9.47 Å². The van der Waals surface area contributed by atoms with E-state index in [0.717, 1.165) is 31.3 Å². The highest BCUT2D eigenvalue weighted by Gasteiger charge is 2.57. The van der Waals surface area contributed by atoms with Crippen molar-refractivity contribution >= 4 is 6.02 Å². The van der Waals surface area contributed by atoms with Crippen LogP contribution in [0.25, 0.3) is 0 Å². The molecule has 4 bridgehead atoms. The molecular formula is C19H31N3O2. The summed E-state index contributed by atoms with van der Waals surface area (Å²) in [6, 6.07) is 0.335. The van der Waals surface area contributed by atoms with Gasteiger partial charge in [0, 0.05) is 6.54 Å². The first kappa shape index (κ1) is 16.4. The zero-order valence-electron chi connectivity index (χ0n) is 14.5. The lowest BCUT2D eigenvalue weighted by atomic mass is 9.53. The number of rotatable bonds is 7. The maximum absolute atomic E-state index is 6.47. The molecule has 0 aromatic carbocycles. The number of ether oxygens (including phenoxy) is 2. The summed E-state index contributed by atoms with van der Waals surface area (Å²) >= 11 is 0. The van der Waals surface area contributed by atoms with Gasteiger partial charge in [-0.05, 0) is 68.6 Å². The summed E-state index contributed by atoms with van der Waals surface area (Å²) in [5, 5.41) is 0. The van der Waals surface area contributed by atoms with Crippen LogP contribution < -0.4 is 11.5 Å². The Labute approximate surface area is 144 Å². The van der Waals surface area contributed by atoms with E-state index in [4.69, 9.17) is 20.9 Å². The largest absolute Gasteiger partial charge is 0.462 e. The van der Waals surface area contributed by atoms with Crippen molar-refractivity contribution in [2.75, 3.05) is 19.7 Å². The minimum absolute atomic E-state index is 0.148. The number of aliphatic imine (C=N–C) groups is 1. The van der Waals surface area contributed by atoms with Gasteiger partial charge in [-0.25, -0.2) is 4.99 Å². The van der Waals surface area contributed by atoms with Gasteiger partial charge in [-0.2, -0.15) is 0 Å². The van der Waals surface area contributed by atoms with Gasteiger partial charge in [0.2, 0.25) is 0 Å². The number of hydrogen-bond acceptors (Lipinski definition) is 4. The third kappa shape index (κ3) is 3.47. The third-order valence-corrected chi connectivity index (χ3v) is 6.36. The highest BCUT2D eigenvalue weighted by atomic mass is 16.5. The van der Waals surface area contributed by atoms with Crippen molar-refractivity contribution in [1.29, 1.82) is 0 Å². The standard InChI is InChI=1S/C19H31N3O2/c20-5-1-2-6-22-18(21)24-17-15-7-14-8-16(17)11-19(9-14,10-15)23-12-13-3-4-13/h1-2,13-17H,3-12,20H2,(H2,21,22)/b2-1+. The van der Waals surface area contributed by atoms with E-state index >= 15 is 0 Å². The summed E-state index contributed by atoms with van der Waals surface area (Å²) in [6.45, 7) is 2.06. The lowest BCUT2D eigenvalue weighted by Crippen LogP contribution is -2.59. The molecule has 5 aliphatic carbocycles. The third-order valence-electron chi connectivity index (χ3n) is 6.36. The van der Waals surface area contributed by atoms with Crippen LogP contribution in [-0.4, -0.2) is 37.4 Å². The van der Waals surface area contributed by atoms with Crippen LogP contribution >= 0.6 is 0 Å². The summed E-state index contributed by atoms with van der Waals surface area (Å²) in [5.74, 6) is 2.84. The minimum atomic E-state index is 0.148. The highest BCUT2D eigenvalue weighted by molar-refractivity contribution is 5.71. The Kier molecular flexibility index (Phi) is 4.56. The van der Waals surface area contributed by atoms with E-state index in [1.54, 1.807) is 0 Å². The zero-order valence-corrected chi connectivity index (χ0v) is 14.5. The summed E-state index contributed by atoms with van der Waals surface area (Å²) in [7, 11) is 0. The van der Waals surface area contributed by atoms with Gasteiger partial charge in [-0.3, -0.25) is 0 Å². The van der Waals surface area contributed by atoms with Gasteiger partial charge in [0.15, 0.2) is 0 Å². The van der Waals surface area contributed by atoms with Crippen molar-refractivity contribution in [2.45, 2.75) is 56.7 Å². The molecule has 0 aromatic rings. The van der Waals surface area contributed by atoms with E-state index in [-0.39, 0.29) is 11.7 Å². The van der Waals surface area contributed by atoms with E-state index in [1.165, 1.54) is 32.1 Å². The van der Waals surface area contributed by atoms with Crippen LogP contribution in [0.3, 0.4) is 0 Å². The topological polar surface area (TPSA) is 82.9 Å². The Hall–Kier alpha value is -1.07. The first-order valence-corrected chi connectivity index (χ1v) is 9.63. The second kappa shape index (κ2) is 6.68. The Morgan fingerprint density at radius 3 is 2.54 bits per heavy atom. The average Bonchev–Trinajstić information content (AvgIpc) is 3.37. The normalized spacial score (nSPS) is 41.3. The van der Waals surface area contributed by atoms with Crippen molar-refractivity contribution in [1.82, 2.24) is 0 Å². The van der Waals surface area contributed by atoms with Crippen LogP contribution in [0, 0.1) is 23.7 Å². The molecule has 2 unspecified atom stereocenters. The maximum Gasteiger partial charge on any atom is 0.282 e. The first-order chi connectivity index (χ1) is 11.7. The predicted octanol–water partition coefficient (Wildman–Crippen LogP) is 2.21. The molecule has 5 heteroatoms. The Morgan fingerprint density at radius 2 is 1.88 bits per heavy atom. The quantitative estimate of drug-likeness (QED) is 0.425. The average molecular weight is 333 g/mol. The fourth-order valence-corrected chi connectivity index (χ4v) is 5.34. The lowest BCUT2D eigenvalue weighted by molar-refractivity contribution is -0.198. The van der Waals surface area contributed by atoms with E-state index in [9.17, 15) is 0 Å². The summed E-state index contributed by atoms with van der Waals surface area (Å²) in [4.78, 5) is 4.30. The molecule has 0 aliphatic heterocycles. The zero-order chi connectivity index (χ0) is 16.6. The smallest absolute Gasteiger partial charge is 0.282 e. The van der Waals surface area contributed by atoms with Crippen LogP contribution in [0.4, 0.5) is 0 Å². The fraction of sp³-hybridized carbons (Fsp3) is 0.842. The van der Waals surface area contributed by atoms with Crippen molar-refractivity contribution in [3.8, 4) is 0 Å². The summed E-state index contributed by atoms with van der Waals surface area (Å²) in [5.41, 5.74) is 11.6. The molecule has 5 fully saturated rings. The van der Waals surface area contributed by atoms with Gasteiger partial charge in [0.1, 0.15) is 6.10 Å². The Bertz CT molecular complexity index is 499. The lowest BCUT2D eigenvalue weighted by Gasteiger charge is -2.59. The molecular weight excluding hydrogens is 302 g/mol. The number of hydrogen-bond donors (Lipinski definition) is 2. The Balaban J connectivity index is 1.36. The van der Waals surface area contributed by atoms with Crippen molar-refractivity contribution in [3.63, 3.8) is 0 Å². The molecule has 5 saturated carbocycles. The molecule has 5 aliphatic rings. The Morgan fingerprint density at radius 1 is 1.12 bits per heavy atom. The van der Waals surface area contributed by atoms with Crippen molar-refractivity contribution < 1.29 is 9.47 Å². The van der Waals surface area contributed by atoms with Crippen molar-refractivity contribution in [3.05, 3.63) is 12.2 Å². The van der Waals surface area contributed by atoms with E-state index in [2.05, 4.69) is 4.99 Å². The van der Waals surface area contributed by atoms with Gasteiger partial charge in [-0.1, -0.05) is 12.2 Å². The number of amidine groups is 1. The second-order valence-electron chi connectivity index (χ2n) is 8.38. The minimum Gasteiger partial charge on any atom is -0.462 e. The van der Waals surface area contributed by atoms with Gasteiger partial charge in [0.25, 0.3) is 6.02 Å². The SMILES string of the molecule is NC/C=C/CN=C(N)OC1C2CC3CC1CC(OCC1CC1)(C3)C2. The molecule has 0 radical (unpaired) electrons. The molecule has 0 aromatic heterocycles. The molecule has 0 saturated heterocycles. The highest BCUT2D eigenvalue weighted by Crippen LogP contribution is 2.58. The van der Waals surface area contributed by atoms with E-state index in [1.807, 2.05) is 12.2 Å². The molecule has 5 rings (SSSR count). The molecule has 24 heavy (non-hydrogen) atoms. The van der Waals surface area contributed by atoms with Gasteiger partial charge in [-0.15, -0.1) is 0 Å². The van der Waals surface area contributed by atoms with E-state index < -0.39 is 0 Å². The van der Waals surface area contributed by atoms with Crippen LogP contribution in [0.1, 0.15) is 44.9 Å². The van der Waals surface area contributed by atoms with Gasteiger partial charge < -0.3 is 20.9 Å². The van der Waals surface area contributed by atoms with Crippen LogP contribution in [0.2, 0.25) is 0 Å². The van der Waals surface area contributed by atoms with Crippen LogP contribution in [0.15, 0.2) is 17.1 Å². The number of nitrogens with zero attached hydrogens (tertiary/aromatic N) is 1. The molecule has 134 valence electrons. The van der Waals surface area contributed by atoms with Gasteiger partial charge >= 0.3 is 0 Å². The maximum atomic E-state index is 6.47. The molecule has 5 nitrogen and oxygen atoms in total. The van der Waals surface area contributed by atoms with Crippen molar-refractivity contribution in [2.24, 2.45) is 40.1 Å². The number of nitrogens with two attached hydrogens (primary N) is 2. The van der Waals surface area contributed by atoms with Gasteiger partial charge in [0.05, 0.1) is 18.8 Å². The summed E-state index contributed by atoms with van der Waals surface area (Å²) in [6.07, 6.45) is 12.9. The molecule has 0 heterocycles. The second-order valence-corrected chi connectivity index (χ2v) is 8.38.